The van der Waals surface area contributed by atoms with Crippen molar-refractivity contribution in [2.45, 2.75) is 24.1 Å². The molecule has 22 heavy (non-hydrogen) atoms. The second-order valence-corrected chi connectivity index (χ2v) is 18.8. The lowest BCUT2D eigenvalue weighted by molar-refractivity contribution is -0.122. The summed E-state index contributed by atoms with van der Waals surface area (Å²) >= 11 is 0. The van der Waals surface area contributed by atoms with Gasteiger partial charge in [-0.05, 0) is 14.0 Å². The first-order valence-corrected chi connectivity index (χ1v) is 17.5. The number of hydrogen-bond donors (Lipinski definition) is 0. The molecule has 0 spiro atoms. The van der Waals surface area contributed by atoms with Gasteiger partial charge in [0.1, 0.15) is 12.2 Å². The summed E-state index contributed by atoms with van der Waals surface area (Å²) in [4.78, 5) is 0. The SMILES string of the molecule is C=C=C[C@]1(OP(P)PP)C(OP(P)P)O[C@H](COP)C1OC. The van der Waals surface area contributed by atoms with Crippen molar-refractivity contribution >= 4 is 68.2 Å². The highest BCUT2D eigenvalue weighted by Gasteiger charge is 2.59. The second kappa shape index (κ2) is 11.5. The zero-order valence-corrected chi connectivity index (χ0v) is 20.6. The Morgan fingerprint density at radius 1 is 1.45 bits per heavy atom. The third-order valence-electron chi connectivity index (χ3n) is 2.89. The normalized spacial score (nSPS) is 33.5. The number of rotatable bonds is 9. The topological polar surface area (TPSA) is 46.2 Å². The van der Waals surface area contributed by atoms with Crippen molar-refractivity contribution in [2.24, 2.45) is 0 Å². The molecule has 11 atom stereocenters. The zero-order valence-electron chi connectivity index (χ0n) is 12.0. The summed E-state index contributed by atoms with van der Waals surface area (Å²) in [6.45, 7) is 4.04. The van der Waals surface area contributed by atoms with Gasteiger partial charge in [0.15, 0.2) is 11.9 Å². The van der Waals surface area contributed by atoms with Crippen molar-refractivity contribution in [2.75, 3.05) is 13.7 Å². The van der Waals surface area contributed by atoms with Gasteiger partial charge in [0, 0.05) is 16.6 Å². The highest BCUT2D eigenvalue weighted by atomic mass is 32.6. The van der Waals surface area contributed by atoms with Gasteiger partial charge in [-0.2, -0.15) is 0 Å². The minimum atomic E-state index is -0.908. The maximum absolute atomic E-state index is 6.30. The lowest BCUT2D eigenvalue weighted by atomic mass is 9.95. The molecule has 0 amide bonds. The fourth-order valence-electron chi connectivity index (χ4n) is 2.16. The molecule has 1 fully saturated rings. The Hall–Kier alpha value is 2.76. The predicted molar refractivity (Wildman–Crippen MR) is 115 cm³/mol. The molecule has 0 aliphatic carbocycles. The molecule has 0 bridgehead atoms. The Morgan fingerprint density at radius 2 is 2.14 bits per heavy atom. The summed E-state index contributed by atoms with van der Waals surface area (Å²) in [7, 11) is 13.5. The van der Waals surface area contributed by atoms with Crippen LogP contribution in [0.4, 0.5) is 0 Å². The fraction of sp³-hybridized carbons (Fsp3) is 0.667. The van der Waals surface area contributed by atoms with Crippen LogP contribution < -0.4 is 0 Å². The van der Waals surface area contributed by atoms with Crippen LogP contribution in [0, 0.1) is 0 Å². The van der Waals surface area contributed by atoms with Crippen molar-refractivity contribution in [3.63, 3.8) is 0 Å². The van der Waals surface area contributed by atoms with E-state index in [9.17, 15) is 0 Å². The van der Waals surface area contributed by atoms with Crippen LogP contribution in [0.5, 0.6) is 0 Å². The summed E-state index contributed by atoms with van der Waals surface area (Å²) in [5.74, 6) is 0. The highest BCUT2D eigenvalue weighted by molar-refractivity contribution is 8.59. The molecular formula is C9H22O5P8. The molecule has 1 heterocycles. The molecule has 0 saturated carbocycles. The fourth-order valence-corrected chi connectivity index (χ4v) is 5.74. The largest absolute Gasteiger partial charge is 0.375 e. The van der Waals surface area contributed by atoms with Gasteiger partial charge in [0.05, 0.1) is 21.7 Å². The van der Waals surface area contributed by atoms with Gasteiger partial charge in [0.25, 0.3) is 0 Å². The molecule has 9 unspecified atom stereocenters. The standard InChI is InChI=1S/C9H22O5P8/c1-3-4-9(14-22(19)20-16)7(10-2)6(5-11-15)12-8(9)13-21(17)18/h4,6-8,20H,1,5,15-19H2,2H3/t6-,7?,8?,9-,22?/m1/s1. The van der Waals surface area contributed by atoms with Crippen molar-refractivity contribution in [1.29, 1.82) is 0 Å². The van der Waals surface area contributed by atoms with Crippen LogP contribution in [0.1, 0.15) is 0 Å². The number of ether oxygens (including phenoxy) is 2. The smallest absolute Gasteiger partial charge is 0.198 e. The van der Waals surface area contributed by atoms with E-state index in [4.69, 9.17) is 23.0 Å². The Bertz CT molecular complexity index is 394. The molecule has 1 aliphatic heterocycles. The second-order valence-electron chi connectivity index (χ2n) is 4.21. The third-order valence-corrected chi connectivity index (χ3v) is 12.7. The lowest BCUT2D eigenvalue weighted by Gasteiger charge is -2.36. The molecule has 0 aromatic carbocycles. The van der Waals surface area contributed by atoms with Gasteiger partial charge in [-0.1, -0.05) is 33.4 Å². The van der Waals surface area contributed by atoms with E-state index in [-0.39, 0.29) is 12.2 Å². The van der Waals surface area contributed by atoms with Gasteiger partial charge in [-0.3, -0.25) is 0 Å². The van der Waals surface area contributed by atoms with Crippen molar-refractivity contribution in [3.8, 4) is 0 Å². The summed E-state index contributed by atoms with van der Waals surface area (Å²) < 4.78 is 29.1. The molecular weight excluding hydrogens is 436 g/mol. The van der Waals surface area contributed by atoms with E-state index < -0.39 is 26.9 Å². The Morgan fingerprint density at radius 3 is 2.59 bits per heavy atom. The first-order valence-electron chi connectivity index (χ1n) is 5.98. The van der Waals surface area contributed by atoms with Crippen LogP contribution in [0.25, 0.3) is 0 Å². The average Bonchev–Trinajstić information content (AvgIpc) is 2.72. The molecule has 0 aromatic rings. The number of hydrogen-bond acceptors (Lipinski definition) is 5. The maximum atomic E-state index is 6.30. The maximum Gasteiger partial charge on any atom is 0.198 e. The van der Waals surface area contributed by atoms with E-state index in [1.54, 1.807) is 13.2 Å². The van der Waals surface area contributed by atoms with E-state index in [0.717, 1.165) is 0 Å². The van der Waals surface area contributed by atoms with Gasteiger partial charge in [0.2, 0.25) is 0 Å². The molecule has 0 aromatic heterocycles. The van der Waals surface area contributed by atoms with E-state index in [0.29, 0.717) is 14.6 Å². The van der Waals surface area contributed by atoms with E-state index in [1.807, 2.05) is 0 Å². The monoisotopic (exact) mass is 458 g/mol. The van der Waals surface area contributed by atoms with Crippen molar-refractivity contribution in [1.82, 2.24) is 0 Å². The van der Waals surface area contributed by atoms with Crippen LogP contribution in [-0.2, 0) is 23.0 Å². The van der Waals surface area contributed by atoms with Crippen LogP contribution in [0.2, 0.25) is 0 Å². The molecule has 0 N–H and O–H groups in total. The summed E-state index contributed by atoms with van der Waals surface area (Å²) in [5, 5.41) is 0. The Balaban J connectivity index is 3.22. The molecule has 1 saturated heterocycles. The molecule has 1 aliphatic rings. The minimum absolute atomic E-state index is 0.316. The van der Waals surface area contributed by atoms with Crippen molar-refractivity contribution in [3.05, 3.63) is 18.4 Å². The van der Waals surface area contributed by atoms with Crippen LogP contribution >= 0.6 is 68.2 Å². The summed E-state index contributed by atoms with van der Waals surface area (Å²) in [6, 6.07) is 0. The highest BCUT2D eigenvalue weighted by Crippen LogP contribution is 2.70. The first-order chi connectivity index (χ1) is 10.4. The van der Waals surface area contributed by atoms with Crippen molar-refractivity contribution < 1.29 is 23.0 Å². The molecule has 13 heteroatoms. The first kappa shape index (κ1) is 22.8. The lowest BCUT2D eigenvalue weighted by Crippen LogP contribution is -2.49. The predicted octanol–water partition coefficient (Wildman–Crippen LogP) is 4.19. The van der Waals surface area contributed by atoms with Crippen LogP contribution in [0.15, 0.2) is 18.4 Å². The quantitative estimate of drug-likeness (QED) is 0.383. The third kappa shape index (κ3) is 5.89. The van der Waals surface area contributed by atoms with E-state index in [2.05, 4.69) is 57.5 Å². The van der Waals surface area contributed by atoms with E-state index >= 15 is 0 Å². The van der Waals surface area contributed by atoms with Gasteiger partial charge in [-0.25, -0.2) is 0 Å². The zero-order chi connectivity index (χ0) is 16.8. The average molecular weight is 458 g/mol. The molecule has 0 radical (unpaired) electrons. The summed E-state index contributed by atoms with van der Waals surface area (Å²) in [5.41, 5.74) is 1.91. The summed E-state index contributed by atoms with van der Waals surface area (Å²) in [6.07, 6.45) is 0.421. The molecule has 5 nitrogen and oxygen atoms in total. The van der Waals surface area contributed by atoms with E-state index in [1.165, 1.54) is 0 Å². The van der Waals surface area contributed by atoms with Gasteiger partial charge in [-0.15, -0.1) is 14.7 Å². The van der Waals surface area contributed by atoms with Gasteiger partial charge >= 0.3 is 0 Å². The van der Waals surface area contributed by atoms with Crippen LogP contribution in [-0.4, -0.2) is 37.8 Å². The number of methoxy groups -OCH3 is 1. The Kier molecular flexibility index (Phi) is 11.9. The van der Waals surface area contributed by atoms with Gasteiger partial charge < -0.3 is 23.0 Å². The minimum Gasteiger partial charge on any atom is -0.375 e. The Labute approximate surface area is 147 Å². The van der Waals surface area contributed by atoms with Crippen LogP contribution in [0.3, 0.4) is 0 Å². The molecule has 1 rings (SSSR count). The molecule has 128 valence electrons.